The number of nitrogens with zero attached hydrogens (tertiary/aromatic N) is 2. The molecule has 2 fully saturated rings. The van der Waals surface area contributed by atoms with Crippen LogP contribution in [0.25, 0.3) is 10.2 Å². The maximum absolute atomic E-state index is 13.5. The van der Waals surface area contributed by atoms with Crippen LogP contribution in [0.3, 0.4) is 0 Å². The molecule has 3 aromatic rings. The molecule has 1 amide bonds. The molecule has 8 nitrogen and oxygen atoms in total. The van der Waals surface area contributed by atoms with Crippen molar-refractivity contribution in [3.8, 4) is 5.75 Å². The van der Waals surface area contributed by atoms with Crippen LogP contribution in [-0.2, 0) is 20.3 Å². The van der Waals surface area contributed by atoms with Gasteiger partial charge in [0.25, 0.3) is 5.91 Å². The molecule has 5 rings (SSSR count). The number of benzene rings is 2. The molecule has 2 saturated heterocycles. The van der Waals surface area contributed by atoms with Gasteiger partial charge in [-0.3, -0.25) is 14.2 Å². The van der Waals surface area contributed by atoms with Crippen molar-refractivity contribution in [3.05, 3.63) is 48.5 Å². The summed E-state index contributed by atoms with van der Waals surface area (Å²) in [6, 6.07) is 15.5. The van der Waals surface area contributed by atoms with Gasteiger partial charge in [0.15, 0.2) is 5.13 Å². The fourth-order valence-corrected chi connectivity index (χ4v) is 7.49. The lowest BCUT2D eigenvalue weighted by molar-refractivity contribution is -0.134. The highest BCUT2D eigenvalue weighted by molar-refractivity contribution is 7.87. The van der Waals surface area contributed by atoms with Gasteiger partial charge in [0.1, 0.15) is 16.6 Å². The van der Waals surface area contributed by atoms with Gasteiger partial charge in [0, 0.05) is 37.6 Å². The van der Waals surface area contributed by atoms with E-state index in [1.165, 1.54) is 0 Å². The third-order valence-corrected chi connectivity index (χ3v) is 9.79. The van der Waals surface area contributed by atoms with E-state index < -0.39 is 21.5 Å². The predicted octanol–water partition coefficient (Wildman–Crippen LogP) is 3.90. The van der Waals surface area contributed by atoms with Crippen molar-refractivity contribution in [3.63, 3.8) is 0 Å². The first-order valence-electron chi connectivity index (χ1n) is 11.9. The molecule has 2 unspecified atom stereocenters. The Hall–Kier alpha value is -2.53. The van der Waals surface area contributed by atoms with Crippen molar-refractivity contribution in [1.82, 2.24) is 10.5 Å². The van der Waals surface area contributed by atoms with Gasteiger partial charge in [-0.2, -0.15) is 0 Å². The van der Waals surface area contributed by atoms with Crippen molar-refractivity contribution in [2.75, 3.05) is 31.2 Å². The Kier molecular flexibility index (Phi) is 7.33. The van der Waals surface area contributed by atoms with E-state index in [1.54, 1.807) is 22.9 Å². The van der Waals surface area contributed by atoms with E-state index in [4.69, 9.17) is 14.5 Å². The van der Waals surface area contributed by atoms with E-state index in [-0.39, 0.29) is 18.9 Å². The van der Waals surface area contributed by atoms with Crippen molar-refractivity contribution in [2.45, 2.75) is 47.9 Å². The van der Waals surface area contributed by atoms with E-state index in [0.717, 1.165) is 53.4 Å². The van der Waals surface area contributed by atoms with E-state index >= 15 is 0 Å². The van der Waals surface area contributed by atoms with Gasteiger partial charge in [-0.25, -0.2) is 10.5 Å². The zero-order valence-corrected chi connectivity index (χ0v) is 21.0. The van der Waals surface area contributed by atoms with Crippen LogP contribution in [0.5, 0.6) is 5.75 Å². The summed E-state index contributed by atoms with van der Waals surface area (Å²) in [6.07, 6.45) is 3.69. The summed E-state index contributed by atoms with van der Waals surface area (Å²) in [6.45, 7) is 2.43. The molecule has 2 aliphatic heterocycles. The number of carbonyl (C=O) groups excluding carboxylic acids is 1. The monoisotopic (exact) mass is 515 g/mol. The highest BCUT2D eigenvalue weighted by Crippen LogP contribution is 2.36. The van der Waals surface area contributed by atoms with Crippen LogP contribution in [0.4, 0.5) is 5.13 Å². The minimum atomic E-state index is -1.64. The molecular formula is C25H29N3O5S2. The molecule has 35 heavy (non-hydrogen) atoms. The van der Waals surface area contributed by atoms with Crippen LogP contribution in [0.2, 0.25) is 0 Å². The Morgan fingerprint density at radius 3 is 2.74 bits per heavy atom. The first-order chi connectivity index (χ1) is 17.1. The number of anilines is 1. The van der Waals surface area contributed by atoms with Crippen LogP contribution >= 0.6 is 11.3 Å². The summed E-state index contributed by atoms with van der Waals surface area (Å²) in [7, 11) is -1.64. The third kappa shape index (κ3) is 5.06. The Balaban J connectivity index is 1.32. The van der Waals surface area contributed by atoms with Gasteiger partial charge in [-0.1, -0.05) is 29.5 Å². The second-order valence-corrected chi connectivity index (χ2v) is 11.7. The Labute approximate surface area is 210 Å². The number of hydroxylamine groups is 1. The molecule has 186 valence electrons. The van der Waals surface area contributed by atoms with Gasteiger partial charge in [-0.15, -0.1) is 0 Å². The van der Waals surface area contributed by atoms with Gasteiger partial charge in [-0.05, 0) is 56.0 Å². The summed E-state index contributed by atoms with van der Waals surface area (Å²) in [4.78, 5) is 20.2. The summed E-state index contributed by atoms with van der Waals surface area (Å²) >= 11 is 1.57. The number of amides is 1. The van der Waals surface area contributed by atoms with Crippen LogP contribution in [-0.4, -0.2) is 57.5 Å². The van der Waals surface area contributed by atoms with Gasteiger partial charge >= 0.3 is 0 Å². The molecule has 0 spiro atoms. The number of carbonyl (C=O) groups is 1. The highest BCUT2D eigenvalue weighted by Gasteiger charge is 2.46. The van der Waals surface area contributed by atoms with Crippen LogP contribution in [0.1, 0.15) is 32.1 Å². The smallest absolute Gasteiger partial charge is 0.262 e. The van der Waals surface area contributed by atoms with Crippen molar-refractivity contribution in [1.29, 1.82) is 0 Å². The number of nitrogens with one attached hydrogen (secondary N) is 1. The second-order valence-electron chi connectivity index (χ2n) is 8.91. The number of hydrogen-bond donors (Lipinski definition) is 2. The number of para-hydroxylation sites is 1. The van der Waals surface area contributed by atoms with Crippen molar-refractivity contribution < 1.29 is 23.7 Å². The van der Waals surface area contributed by atoms with Gasteiger partial charge in [0.2, 0.25) is 0 Å². The maximum Gasteiger partial charge on any atom is 0.262 e. The van der Waals surface area contributed by atoms with Gasteiger partial charge < -0.3 is 14.4 Å². The molecule has 2 aromatic carbocycles. The summed E-state index contributed by atoms with van der Waals surface area (Å²) in [5.74, 6) is 0.282. The number of hydrogen-bond acceptors (Lipinski definition) is 8. The molecule has 0 aliphatic carbocycles. The molecule has 0 saturated carbocycles. The quantitative estimate of drug-likeness (QED) is 0.379. The summed E-state index contributed by atoms with van der Waals surface area (Å²) in [5.41, 5.74) is 2.57. The fourth-order valence-electron chi connectivity index (χ4n) is 4.74. The number of aromatic nitrogens is 1. The molecule has 0 bridgehead atoms. The highest BCUT2D eigenvalue weighted by atomic mass is 32.2. The topological polar surface area (TPSA) is 101 Å². The minimum Gasteiger partial charge on any atom is -0.490 e. The van der Waals surface area contributed by atoms with Crippen LogP contribution < -0.4 is 15.1 Å². The summed E-state index contributed by atoms with van der Waals surface area (Å²) in [5, 5.41) is 10.2. The average molecular weight is 516 g/mol. The van der Waals surface area contributed by atoms with Crippen molar-refractivity contribution in [2.24, 2.45) is 0 Å². The largest absolute Gasteiger partial charge is 0.490 e. The SMILES string of the molecule is O=C(NO)C1(S(=O)c2ccc3nc(N4CCCC(Oc5ccccc5)CC4)sc3c2)CCOCC1. The number of thiazole rings is 1. The second kappa shape index (κ2) is 10.6. The van der Waals surface area contributed by atoms with E-state index in [1.807, 2.05) is 42.5 Å². The lowest BCUT2D eigenvalue weighted by Crippen LogP contribution is -2.52. The minimum absolute atomic E-state index is 0.180. The van der Waals surface area contributed by atoms with Crippen LogP contribution in [0, 0.1) is 0 Å². The zero-order chi connectivity index (χ0) is 24.3. The van der Waals surface area contributed by atoms with E-state index in [2.05, 4.69) is 4.90 Å². The van der Waals surface area contributed by atoms with Gasteiger partial charge in [0.05, 0.1) is 21.0 Å². The molecule has 2 N–H and O–H groups in total. The third-order valence-electron chi connectivity index (χ3n) is 6.73. The lowest BCUT2D eigenvalue weighted by Gasteiger charge is -2.33. The van der Waals surface area contributed by atoms with Crippen molar-refractivity contribution >= 4 is 43.4 Å². The normalized spacial score (nSPS) is 21.3. The molecule has 3 heterocycles. The molecule has 0 radical (unpaired) electrons. The first kappa shape index (κ1) is 24.2. The van der Waals surface area contributed by atoms with E-state index in [9.17, 15) is 14.2 Å². The Morgan fingerprint density at radius 1 is 1.17 bits per heavy atom. The lowest BCUT2D eigenvalue weighted by atomic mass is 9.98. The zero-order valence-electron chi connectivity index (χ0n) is 19.4. The maximum atomic E-state index is 13.5. The predicted molar refractivity (Wildman–Crippen MR) is 136 cm³/mol. The number of rotatable bonds is 6. The molecule has 2 atom stereocenters. The molecule has 10 heteroatoms. The number of fused-ring (bicyclic) bond motifs is 1. The van der Waals surface area contributed by atoms with E-state index in [0.29, 0.717) is 18.1 Å². The number of ether oxygens (including phenoxy) is 2. The first-order valence-corrected chi connectivity index (χ1v) is 13.9. The average Bonchev–Trinajstić information content (AvgIpc) is 3.20. The fraction of sp³-hybridized carbons (Fsp3) is 0.440. The Morgan fingerprint density at radius 2 is 1.97 bits per heavy atom. The molecule has 2 aliphatic rings. The molecule has 1 aromatic heterocycles. The standard InChI is InChI=1S/C25H29N3O5S2/c29-23(27-30)25(11-15-32-16-12-25)35(31)20-8-9-21-22(17-20)34-24(26-21)28-13-4-7-19(10-14-28)33-18-5-2-1-3-6-18/h1-3,5-6,8-9,17,19,30H,4,7,10-16H2,(H,27,29). The Bertz CT molecular complexity index is 1200. The van der Waals surface area contributed by atoms with Crippen LogP contribution in [0.15, 0.2) is 53.4 Å². The summed E-state index contributed by atoms with van der Waals surface area (Å²) < 4.78 is 24.8. The molecular weight excluding hydrogens is 486 g/mol.